The smallest absolute Gasteiger partial charge is 0.410 e. The summed E-state index contributed by atoms with van der Waals surface area (Å²) in [7, 11) is 0. The number of carboxylic acid groups (broad SMARTS) is 1. The second-order valence-electron chi connectivity index (χ2n) is 5.87. The Labute approximate surface area is 101 Å². The molecule has 3 atom stereocenters. The summed E-state index contributed by atoms with van der Waals surface area (Å²) in [4.78, 5) is 24.6. The first kappa shape index (κ1) is 12.2. The molecule has 3 unspecified atom stereocenters. The number of carboxylic acids is 1. The third-order valence-electron chi connectivity index (χ3n) is 3.46. The lowest BCUT2D eigenvalue weighted by Crippen LogP contribution is -2.66. The molecule has 2 aliphatic heterocycles. The van der Waals surface area contributed by atoms with Gasteiger partial charge in [-0.1, -0.05) is 0 Å². The Bertz CT molecular complexity index is 345. The molecule has 17 heavy (non-hydrogen) atoms. The van der Waals surface area contributed by atoms with Gasteiger partial charge in [0, 0.05) is 6.04 Å². The van der Waals surface area contributed by atoms with Gasteiger partial charge in [-0.3, -0.25) is 4.79 Å². The van der Waals surface area contributed by atoms with E-state index >= 15 is 0 Å². The van der Waals surface area contributed by atoms with Crippen LogP contribution in [0.15, 0.2) is 0 Å². The van der Waals surface area contributed by atoms with Gasteiger partial charge in [-0.2, -0.15) is 0 Å². The minimum atomic E-state index is -0.804. The van der Waals surface area contributed by atoms with E-state index in [0.29, 0.717) is 6.42 Å². The monoisotopic (exact) mass is 241 g/mol. The number of rotatable bonds is 1. The molecule has 0 aromatic rings. The van der Waals surface area contributed by atoms with E-state index in [2.05, 4.69) is 0 Å². The minimum Gasteiger partial charge on any atom is -0.481 e. The Kier molecular flexibility index (Phi) is 2.79. The number of hydrogen-bond donors (Lipinski definition) is 1. The summed E-state index contributed by atoms with van der Waals surface area (Å²) in [5, 5.41) is 9.09. The van der Waals surface area contributed by atoms with Gasteiger partial charge >= 0.3 is 12.1 Å². The lowest BCUT2D eigenvalue weighted by atomic mass is 9.73. The zero-order chi connectivity index (χ0) is 12.8. The molecule has 2 heterocycles. The van der Waals surface area contributed by atoms with Crippen LogP contribution in [0.2, 0.25) is 0 Å². The summed E-state index contributed by atoms with van der Waals surface area (Å²) in [6.07, 6.45) is 1.87. The van der Waals surface area contributed by atoms with Crippen LogP contribution in [0.25, 0.3) is 0 Å². The average Bonchev–Trinajstić information content (AvgIpc) is 2.13. The second-order valence-corrected chi connectivity index (χ2v) is 5.87. The molecule has 3 aliphatic rings. The minimum absolute atomic E-state index is 0.166. The summed E-state index contributed by atoms with van der Waals surface area (Å²) >= 11 is 0. The van der Waals surface area contributed by atoms with Crippen molar-refractivity contribution in [1.29, 1.82) is 0 Å². The van der Waals surface area contributed by atoms with Gasteiger partial charge < -0.3 is 14.7 Å². The molecule has 3 fully saturated rings. The topological polar surface area (TPSA) is 66.8 Å². The number of piperidine rings is 1. The van der Waals surface area contributed by atoms with E-state index < -0.39 is 17.5 Å². The zero-order valence-electron chi connectivity index (χ0n) is 10.5. The molecule has 1 aliphatic carbocycles. The van der Waals surface area contributed by atoms with E-state index in [9.17, 15) is 9.59 Å². The number of amides is 1. The van der Waals surface area contributed by atoms with E-state index in [1.807, 2.05) is 20.8 Å². The van der Waals surface area contributed by atoms with Gasteiger partial charge in [-0.15, -0.1) is 0 Å². The van der Waals surface area contributed by atoms with Crippen molar-refractivity contribution in [2.45, 2.75) is 57.7 Å². The quantitative estimate of drug-likeness (QED) is 0.761. The normalized spacial score (nSPS) is 31.7. The van der Waals surface area contributed by atoms with E-state index in [0.717, 1.165) is 12.8 Å². The van der Waals surface area contributed by atoms with Crippen LogP contribution in [0, 0.1) is 5.92 Å². The number of hydrogen-bond acceptors (Lipinski definition) is 3. The molecule has 0 radical (unpaired) electrons. The maximum Gasteiger partial charge on any atom is 0.410 e. The fraction of sp³-hybridized carbons (Fsp3) is 0.833. The van der Waals surface area contributed by atoms with Gasteiger partial charge in [0.25, 0.3) is 0 Å². The first-order valence-corrected chi connectivity index (χ1v) is 6.04. The van der Waals surface area contributed by atoms with Gasteiger partial charge in [0.05, 0.1) is 12.0 Å². The number of carbonyl (C=O) groups is 2. The fourth-order valence-electron chi connectivity index (χ4n) is 2.71. The third kappa shape index (κ3) is 2.23. The highest BCUT2D eigenvalue weighted by atomic mass is 16.6. The molecule has 5 nitrogen and oxygen atoms in total. The lowest BCUT2D eigenvalue weighted by Gasteiger charge is -2.54. The predicted octanol–water partition coefficient (Wildman–Crippen LogP) is 1.86. The van der Waals surface area contributed by atoms with Gasteiger partial charge in [0.15, 0.2) is 0 Å². The number of fused-ring (bicyclic) bond motifs is 2. The van der Waals surface area contributed by atoms with E-state index in [4.69, 9.17) is 9.84 Å². The van der Waals surface area contributed by atoms with E-state index in [1.54, 1.807) is 4.90 Å². The predicted molar refractivity (Wildman–Crippen MR) is 60.6 cm³/mol. The highest BCUT2D eigenvalue weighted by Crippen LogP contribution is 2.42. The highest BCUT2D eigenvalue weighted by Gasteiger charge is 2.52. The maximum absolute atomic E-state index is 11.9. The van der Waals surface area contributed by atoms with Crippen molar-refractivity contribution in [1.82, 2.24) is 4.90 Å². The van der Waals surface area contributed by atoms with Crippen molar-refractivity contribution in [3.63, 3.8) is 0 Å². The molecule has 1 N–H and O–H groups in total. The van der Waals surface area contributed by atoms with Crippen molar-refractivity contribution < 1.29 is 19.4 Å². The maximum atomic E-state index is 11.9. The van der Waals surface area contributed by atoms with Crippen molar-refractivity contribution in [2.75, 3.05) is 0 Å². The van der Waals surface area contributed by atoms with Crippen LogP contribution < -0.4 is 0 Å². The van der Waals surface area contributed by atoms with E-state index in [-0.39, 0.29) is 18.2 Å². The van der Waals surface area contributed by atoms with Crippen LogP contribution in [0.1, 0.15) is 40.0 Å². The van der Waals surface area contributed by atoms with E-state index in [1.165, 1.54) is 0 Å². The van der Waals surface area contributed by atoms with Gasteiger partial charge in [0.2, 0.25) is 0 Å². The standard InChI is InChI=1S/C12H19NO4/c1-12(2,3)17-11(16)13-7-4-5-8(10(14)15)9(13)6-7/h7-9H,4-6H2,1-3H3,(H,14,15). The number of ether oxygens (including phenoxy) is 1. The van der Waals surface area contributed by atoms with Crippen LogP contribution in [0.4, 0.5) is 4.79 Å². The molecular formula is C12H19NO4. The van der Waals surface area contributed by atoms with Crippen LogP contribution in [0.3, 0.4) is 0 Å². The Morgan fingerprint density at radius 2 is 1.94 bits per heavy atom. The molecule has 2 saturated heterocycles. The van der Waals surface area contributed by atoms with Crippen molar-refractivity contribution in [3.05, 3.63) is 0 Å². The Hall–Kier alpha value is -1.26. The summed E-state index contributed by atoms with van der Waals surface area (Å²) in [5.74, 6) is -1.23. The number of aliphatic carboxylic acids is 1. The summed E-state index contributed by atoms with van der Waals surface area (Å²) in [6.45, 7) is 5.44. The SMILES string of the molecule is CC(C)(C)OC(=O)N1C2CCC(C(=O)O)C1C2. The van der Waals surface area contributed by atoms with Crippen molar-refractivity contribution >= 4 is 12.1 Å². The first-order chi connectivity index (χ1) is 7.79. The van der Waals surface area contributed by atoms with Crippen LogP contribution >= 0.6 is 0 Å². The summed E-state index contributed by atoms with van der Waals surface area (Å²) < 4.78 is 5.30. The molecule has 0 aromatic carbocycles. The third-order valence-corrected chi connectivity index (χ3v) is 3.46. The van der Waals surface area contributed by atoms with Gasteiger partial charge in [0.1, 0.15) is 5.60 Å². The second kappa shape index (κ2) is 3.89. The first-order valence-electron chi connectivity index (χ1n) is 6.04. The molecular weight excluding hydrogens is 222 g/mol. The molecule has 1 saturated carbocycles. The summed E-state index contributed by atoms with van der Waals surface area (Å²) in [6, 6.07) is 0.0200. The average molecular weight is 241 g/mol. The fourth-order valence-corrected chi connectivity index (χ4v) is 2.71. The Balaban J connectivity index is 2.03. The number of carbonyl (C=O) groups excluding carboxylic acids is 1. The Morgan fingerprint density at radius 3 is 2.41 bits per heavy atom. The molecule has 3 rings (SSSR count). The molecule has 0 spiro atoms. The van der Waals surface area contributed by atoms with Crippen molar-refractivity contribution in [2.24, 2.45) is 5.92 Å². The molecule has 2 bridgehead atoms. The Morgan fingerprint density at radius 1 is 1.29 bits per heavy atom. The highest BCUT2D eigenvalue weighted by molar-refractivity contribution is 5.76. The van der Waals surface area contributed by atoms with Crippen LogP contribution in [-0.2, 0) is 9.53 Å². The molecule has 96 valence electrons. The lowest BCUT2D eigenvalue weighted by molar-refractivity contribution is -0.153. The molecule has 1 amide bonds. The number of nitrogens with zero attached hydrogens (tertiary/aromatic N) is 1. The largest absolute Gasteiger partial charge is 0.481 e. The van der Waals surface area contributed by atoms with Crippen LogP contribution in [-0.4, -0.2) is 39.8 Å². The van der Waals surface area contributed by atoms with Gasteiger partial charge in [-0.05, 0) is 40.0 Å². The zero-order valence-corrected chi connectivity index (χ0v) is 10.5. The van der Waals surface area contributed by atoms with Crippen molar-refractivity contribution in [3.8, 4) is 0 Å². The molecule has 0 aromatic heterocycles. The van der Waals surface area contributed by atoms with Crippen LogP contribution in [0.5, 0.6) is 0 Å². The molecule has 5 heteroatoms. The summed E-state index contributed by atoms with van der Waals surface area (Å²) in [5.41, 5.74) is -0.528. The van der Waals surface area contributed by atoms with Gasteiger partial charge in [-0.25, -0.2) is 4.79 Å².